The predicted octanol–water partition coefficient (Wildman–Crippen LogP) is 3.95. The van der Waals surface area contributed by atoms with Gasteiger partial charge in [-0.1, -0.05) is 6.07 Å². The average Bonchev–Trinajstić information content (AvgIpc) is 3.42. The van der Waals surface area contributed by atoms with Crippen molar-refractivity contribution < 1.29 is 23.4 Å². The molecule has 1 amide bonds. The largest absolute Gasteiger partial charge is 0.494 e. The van der Waals surface area contributed by atoms with Gasteiger partial charge in [-0.05, 0) is 62.1 Å². The van der Waals surface area contributed by atoms with Gasteiger partial charge in [0.25, 0.3) is 0 Å². The van der Waals surface area contributed by atoms with Crippen LogP contribution in [0.3, 0.4) is 0 Å². The minimum atomic E-state index is -0.626. The number of rotatable bonds is 7. The van der Waals surface area contributed by atoms with Gasteiger partial charge in [0.05, 0.1) is 18.7 Å². The normalized spacial score (nSPS) is 19.1. The van der Waals surface area contributed by atoms with E-state index < -0.39 is 18.0 Å². The van der Waals surface area contributed by atoms with E-state index in [1.807, 2.05) is 6.07 Å². The van der Waals surface area contributed by atoms with Crippen molar-refractivity contribution in [3.63, 3.8) is 0 Å². The van der Waals surface area contributed by atoms with Crippen LogP contribution in [0.4, 0.5) is 15.1 Å². The Morgan fingerprint density at radius 1 is 1.19 bits per heavy atom. The highest BCUT2D eigenvalue weighted by Crippen LogP contribution is 2.28. The third-order valence-corrected chi connectivity index (χ3v) is 6.63. The number of anilines is 1. The molecule has 190 valence electrons. The Bertz CT molecular complexity index is 1210. The van der Waals surface area contributed by atoms with Crippen LogP contribution in [-0.2, 0) is 4.74 Å². The second kappa shape index (κ2) is 11.0. The number of hydrogen-bond donors (Lipinski definition) is 3. The molecule has 2 aromatic carbocycles. The van der Waals surface area contributed by atoms with Crippen molar-refractivity contribution in [1.29, 1.82) is 0 Å². The van der Waals surface area contributed by atoms with Crippen molar-refractivity contribution >= 4 is 22.9 Å². The summed E-state index contributed by atoms with van der Waals surface area (Å²) in [4.78, 5) is 21.9. The van der Waals surface area contributed by atoms with Crippen molar-refractivity contribution in [2.24, 2.45) is 0 Å². The van der Waals surface area contributed by atoms with Gasteiger partial charge in [-0.2, -0.15) is 0 Å². The molecule has 0 radical (unpaired) electrons. The summed E-state index contributed by atoms with van der Waals surface area (Å²) in [5.41, 5.74) is 1.30. The molecule has 0 unspecified atom stereocenters. The number of carbonyl (C=O) groups is 1. The number of amides is 1. The first-order valence-corrected chi connectivity index (χ1v) is 12.3. The van der Waals surface area contributed by atoms with Gasteiger partial charge in [0.1, 0.15) is 5.75 Å². The van der Waals surface area contributed by atoms with E-state index in [1.165, 1.54) is 13.2 Å². The number of benzene rings is 2. The molecule has 0 spiro atoms. The van der Waals surface area contributed by atoms with Crippen LogP contribution in [0.2, 0.25) is 0 Å². The van der Waals surface area contributed by atoms with Crippen LogP contribution in [0.5, 0.6) is 11.5 Å². The van der Waals surface area contributed by atoms with Crippen LogP contribution in [0.15, 0.2) is 42.6 Å². The van der Waals surface area contributed by atoms with Gasteiger partial charge in [-0.25, -0.2) is 19.2 Å². The molecule has 2 saturated heterocycles. The summed E-state index contributed by atoms with van der Waals surface area (Å²) in [5.74, 6) is 0.565. The van der Waals surface area contributed by atoms with E-state index in [4.69, 9.17) is 14.2 Å². The maximum Gasteiger partial charge on any atom is 0.413 e. The second-order valence-electron chi connectivity index (χ2n) is 9.05. The lowest BCUT2D eigenvalue weighted by Crippen LogP contribution is -2.42. The Labute approximate surface area is 208 Å². The smallest absolute Gasteiger partial charge is 0.413 e. The van der Waals surface area contributed by atoms with Crippen molar-refractivity contribution in [3.05, 3.63) is 54.0 Å². The first-order valence-electron chi connectivity index (χ1n) is 12.3. The summed E-state index contributed by atoms with van der Waals surface area (Å²) in [6, 6.07) is 9.71. The van der Waals surface area contributed by atoms with Gasteiger partial charge < -0.3 is 30.2 Å². The standard InChI is InChI=1S/C26H30FN5O4/c1-34-23-7-5-16(13-20(23)27)24(21-3-2-10-28-21)32-26(33)36-19-6-4-17-15-29-25(31-22(17)14-19)30-18-8-11-35-12-9-18/h4-7,13-15,18,21,24,28H,2-3,8-12H2,1H3,(H,32,33)(H,29,30,31)/t21-,24+/m0/s1. The first kappa shape index (κ1) is 24.2. The van der Waals surface area contributed by atoms with Gasteiger partial charge >= 0.3 is 6.09 Å². The summed E-state index contributed by atoms with van der Waals surface area (Å²) in [7, 11) is 1.42. The lowest BCUT2D eigenvalue weighted by atomic mass is 9.98. The Morgan fingerprint density at radius 2 is 2.06 bits per heavy atom. The fraction of sp³-hybridized carbons (Fsp3) is 0.423. The van der Waals surface area contributed by atoms with E-state index in [-0.39, 0.29) is 17.8 Å². The highest BCUT2D eigenvalue weighted by molar-refractivity contribution is 5.81. The predicted molar refractivity (Wildman–Crippen MR) is 133 cm³/mol. The quantitative estimate of drug-likeness (QED) is 0.453. The fourth-order valence-electron chi connectivity index (χ4n) is 4.71. The molecule has 3 aromatic rings. The maximum absolute atomic E-state index is 14.4. The Morgan fingerprint density at radius 3 is 2.81 bits per heavy atom. The molecule has 1 aromatic heterocycles. The molecule has 2 aliphatic heterocycles. The molecule has 2 aliphatic rings. The second-order valence-corrected chi connectivity index (χ2v) is 9.05. The van der Waals surface area contributed by atoms with Gasteiger partial charge in [-0.3, -0.25) is 0 Å². The molecular formula is C26H30FN5O4. The third-order valence-electron chi connectivity index (χ3n) is 6.63. The van der Waals surface area contributed by atoms with Crippen LogP contribution >= 0.6 is 0 Å². The number of methoxy groups -OCH3 is 1. The molecular weight excluding hydrogens is 465 g/mol. The zero-order valence-corrected chi connectivity index (χ0v) is 20.1. The SMILES string of the molecule is COc1ccc([C@@H](NC(=O)Oc2ccc3cnc(NC4CCOCC4)nc3c2)[C@@H]2CCCN2)cc1F. The number of hydrogen-bond acceptors (Lipinski definition) is 8. The van der Waals surface area contributed by atoms with Gasteiger partial charge in [0.15, 0.2) is 11.6 Å². The number of ether oxygens (including phenoxy) is 3. The molecule has 36 heavy (non-hydrogen) atoms. The summed E-state index contributed by atoms with van der Waals surface area (Å²) >= 11 is 0. The fourth-order valence-corrected chi connectivity index (χ4v) is 4.71. The van der Waals surface area contributed by atoms with Crippen LogP contribution < -0.4 is 25.4 Å². The van der Waals surface area contributed by atoms with Crippen molar-refractivity contribution in [2.45, 2.75) is 43.8 Å². The molecule has 0 aliphatic carbocycles. The number of aromatic nitrogens is 2. The summed E-state index contributed by atoms with van der Waals surface area (Å²) in [6.45, 7) is 2.28. The van der Waals surface area contributed by atoms with Crippen LogP contribution in [0.25, 0.3) is 10.9 Å². The van der Waals surface area contributed by atoms with E-state index in [2.05, 4.69) is 25.9 Å². The van der Waals surface area contributed by atoms with E-state index in [1.54, 1.807) is 30.5 Å². The minimum Gasteiger partial charge on any atom is -0.494 e. The number of nitrogens with zero attached hydrogens (tertiary/aromatic N) is 2. The molecule has 2 fully saturated rings. The first-order chi connectivity index (χ1) is 17.6. The summed E-state index contributed by atoms with van der Waals surface area (Å²) < 4.78 is 30.4. The molecule has 0 saturated carbocycles. The van der Waals surface area contributed by atoms with Gasteiger partial charge in [0, 0.05) is 42.9 Å². The Hall–Kier alpha value is -3.50. The molecule has 2 atom stereocenters. The zero-order valence-electron chi connectivity index (χ0n) is 20.1. The monoisotopic (exact) mass is 495 g/mol. The Kier molecular flexibility index (Phi) is 7.43. The third kappa shape index (κ3) is 5.66. The topological polar surface area (TPSA) is 107 Å². The van der Waals surface area contributed by atoms with E-state index >= 15 is 0 Å². The van der Waals surface area contributed by atoms with E-state index in [9.17, 15) is 9.18 Å². The number of fused-ring (bicyclic) bond motifs is 1. The molecule has 0 bridgehead atoms. The molecule has 9 nitrogen and oxygen atoms in total. The van der Waals surface area contributed by atoms with E-state index in [0.717, 1.165) is 50.8 Å². The highest BCUT2D eigenvalue weighted by atomic mass is 19.1. The number of carbonyl (C=O) groups excluding carboxylic acids is 1. The average molecular weight is 496 g/mol. The minimum absolute atomic E-state index is 0.0338. The van der Waals surface area contributed by atoms with Crippen LogP contribution in [0.1, 0.15) is 37.3 Å². The maximum atomic E-state index is 14.4. The zero-order chi connectivity index (χ0) is 24.9. The highest BCUT2D eigenvalue weighted by Gasteiger charge is 2.29. The lowest BCUT2D eigenvalue weighted by molar-refractivity contribution is 0.0903. The van der Waals surface area contributed by atoms with Gasteiger partial charge in [0.2, 0.25) is 5.95 Å². The van der Waals surface area contributed by atoms with Crippen molar-refractivity contribution in [1.82, 2.24) is 20.6 Å². The summed E-state index contributed by atoms with van der Waals surface area (Å²) in [5, 5.41) is 10.5. The van der Waals surface area contributed by atoms with Crippen LogP contribution in [0, 0.1) is 5.82 Å². The van der Waals surface area contributed by atoms with Gasteiger partial charge in [-0.15, -0.1) is 0 Å². The van der Waals surface area contributed by atoms with Crippen molar-refractivity contribution in [2.75, 3.05) is 32.2 Å². The molecule has 3 N–H and O–H groups in total. The Balaban J connectivity index is 1.30. The van der Waals surface area contributed by atoms with Crippen molar-refractivity contribution in [3.8, 4) is 11.5 Å². The molecule has 5 rings (SSSR count). The molecule has 10 heteroatoms. The number of halogens is 1. The van der Waals surface area contributed by atoms with E-state index in [0.29, 0.717) is 22.8 Å². The molecule has 3 heterocycles. The lowest BCUT2D eigenvalue weighted by Gasteiger charge is -2.25. The van der Waals surface area contributed by atoms with Crippen LogP contribution in [-0.4, -0.2) is 55.0 Å². The summed E-state index contributed by atoms with van der Waals surface area (Å²) in [6.07, 6.45) is 4.76. The number of nitrogens with one attached hydrogen (secondary N) is 3.